The third-order valence-electron chi connectivity index (χ3n) is 2.03. The van der Waals surface area contributed by atoms with Crippen LogP contribution in [0.15, 0.2) is 34.7 Å². The second-order valence-corrected chi connectivity index (χ2v) is 3.40. The van der Waals surface area contributed by atoms with Crippen molar-refractivity contribution < 1.29 is 23.8 Å². The summed E-state index contributed by atoms with van der Waals surface area (Å²) in [6, 6.07) is 8.72. The number of ether oxygens (including phenoxy) is 1. The molecule has 0 bridgehead atoms. The van der Waals surface area contributed by atoms with Gasteiger partial charge in [-0.2, -0.15) is 0 Å². The lowest BCUT2D eigenvalue weighted by Gasteiger charge is -2.03. The maximum Gasteiger partial charge on any atom is 0.415 e. The number of nitrogens with one attached hydrogen (secondary N) is 1. The van der Waals surface area contributed by atoms with Crippen LogP contribution in [0.5, 0.6) is 0 Å². The molecule has 0 saturated heterocycles. The molecule has 0 spiro atoms. The van der Waals surface area contributed by atoms with Crippen LogP contribution in [0, 0.1) is 0 Å². The molecule has 1 aromatic carbocycles. The Bertz CT molecular complexity index is 581. The van der Waals surface area contributed by atoms with Crippen molar-refractivity contribution in [1.82, 2.24) is 10.2 Å². The minimum atomic E-state index is -1.38. The number of anilines is 1. The first kappa shape index (κ1) is 12.6. The van der Waals surface area contributed by atoms with Gasteiger partial charge in [0.25, 0.3) is 0 Å². The molecule has 1 aromatic heterocycles. The molecule has 0 unspecified atom stereocenters. The molecule has 8 heteroatoms. The number of amides is 1. The van der Waals surface area contributed by atoms with Gasteiger partial charge in [0.15, 0.2) is 0 Å². The van der Waals surface area contributed by atoms with Gasteiger partial charge in [-0.3, -0.25) is 0 Å². The molecule has 0 radical (unpaired) electrons. The largest absolute Gasteiger partial charge is 0.474 e. The molecular weight excluding hydrogens is 254 g/mol. The van der Waals surface area contributed by atoms with E-state index in [4.69, 9.17) is 9.84 Å². The molecule has 2 N–H and O–H groups in total. The molecule has 19 heavy (non-hydrogen) atoms. The number of carboxylic acids is 1. The smallest absolute Gasteiger partial charge is 0.415 e. The van der Waals surface area contributed by atoms with Crippen molar-refractivity contribution in [2.75, 3.05) is 5.32 Å². The molecule has 0 aliphatic rings. The topological polar surface area (TPSA) is 115 Å². The highest BCUT2D eigenvalue weighted by molar-refractivity contribution is 5.84. The standard InChI is InChI=1S/C11H9N3O5/c15-9(16)8-13-14-10(19-8)12-11(17)18-6-7-4-2-1-3-5-7/h1-5H,6H2,(H,15,16)(H,12,14,17). The summed E-state index contributed by atoms with van der Waals surface area (Å²) < 4.78 is 9.51. The Labute approximate surface area is 107 Å². The summed E-state index contributed by atoms with van der Waals surface area (Å²) in [7, 11) is 0. The molecular formula is C11H9N3O5. The highest BCUT2D eigenvalue weighted by atomic mass is 16.6. The number of aromatic carboxylic acids is 1. The Hall–Kier alpha value is -2.90. The van der Waals surface area contributed by atoms with Gasteiger partial charge < -0.3 is 14.3 Å². The quantitative estimate of drug-likeness (QED) is 0.859. The summed E-state index contributed by atoms with van der Waals surface area (Å²) in [5.74, 6) is -1.99. The Balaban J connectivity index is 1.85. The number of aromatic nitrogens is 2. The fourth-order valence-corrected chi connectivity index (χ4v) is 1.21. The average molecular weight is 263 g/mol. The van der Waals surface area contributed by atoms with Crippen molar-refractivity contribution in [2.24, 2.45) is 0 Å². The Morgan fingerprint density at radius 1 is 1.26 bits per heavy atom. The minimum absolute atomic E-state index is 0.0760. The van der Waals surface area contributed by atoms with Gasteiger partial charge in [-0.1, -0.05) is 40.5 Å². The van der Waals surface area contributed by atoms with E-state index in [0.29, 0.717) is 0 Å². The van der Waals surface area contributed by atoms with Crippen molar-refractivity contribution in [3.63, 3.8) is 0 Å². The third kappa shape index (κ3) is 3.53. The predicted octanol–water partition coefficient (Wildman–Crippen LogP) is 1.52. The average Bonchev–Trinajstić information content (AvgIpc) is 2.86. The van der Waals surface area contributed by atoms with E-state index in [9.17, 15) is 9.59 Å². The number of carbonyl (C=O) groups is 2. The van der Waals surface area contributed by atoms with E-state index in [1.807, 2.05) is 18.2 Å². The summed E-state index contributed by atoms with van der Waals surface area (Å²) in [6.07, 6.45) is -0.815. The first-order valence-electron chi connectivity index (χ1n) is 5.19. The minimum Gasteiger partial charge on any atom is -0.474 e. The van der Waals surface area contributed by atoms with Crippen molar-refractivity contribution in [3.05, 3.63) is 41.8 Å². The first-order valence-corrected chi connectivity index (χ1v) is 5.19. The number of carbonyl (C=O) groups excluding carboxylic acids is 1. The number of nitrogens with zero attached hydrogens (tertiary/aromatic N) is 2. The van der Waals surface area contributed by atoms with Gasteiger partial charge in [0, 0.05) is 0 Å². The van der Waals surface area contributed by atoms with Crippen molar-refractivity contribution >= 4 is 18.1 Å². The monoisotopic (exact) mass is 263 g/mol. The summed E-state index contributed by atoms with van der Waals surface area (Å²) in [4.78, 5) is 21.8. The van der Waals surface area contributed by atoms with Crippen molar-refractivity contribution in [3.8, 4) is 0 Å². The van der Waals surface area contributed by atoms with E-state index in [0.717, 1.165) is 5.56 Å². The lowest BCUT2D eigenvalue weighted by atomic mass is 10.2. The number of carboxylic acid groups (broad SMARTS) is 1. The lowest BCUT2D eigenvalue weighted by Crippen LogP contribution is -2.13. The zero-order chi connectivity index (χ0) is 13.7. The Morgan fingerprint density at radius 2 is 2.00 bits per heavy atom. The molecule has 2 aromatic rings. The fraction of sp³-hybridized carbons (Fsp3) is 0.0909. The van der Waals surface area contributed by atoms with Crippen LogP contribution in [-0.2, 0) is 11.3 Å². The van der Waals surface area contributed by atoms with E-state index < -0.39 is 18.0 Å². The van der Waals surface area contributed by atoms with Crippen molar-refractivity contribution in [2.45, 2.75) is 6.61 Å². The molecule has 0 aliphatic heterocycles. The Morgan fingerprint density at radius 3 is 2.63 bits per heavy atom. The van der Waals surface area contributed by atoms with Crippen LogP contribution >= 0.6 is 0 Å². The number of rotatable bonds is 4. The first-order chi connectivity index (χ1) is 9.15. The molecule has 0 aliphatic carbocycles. The molecule has 2 rings (SSSR count). The molecule has 8 nitrogen and oxygen atoms in total. The van der Waals surface area contributed by atoms with Gasteiger partial charge in [0.1, 0.15) is 6.61 Å². The molecule has 1 heterocycles. The highest BCUT2D eigenvalue weighted by Crippen LogP contribution is 2.07. The normalized spacial score (nSPS) is 9.89. The molecule has 0 fully saturated rings. The second-order valence-electron chi connectivity index (χ2n) is 3.40. The molecule has 0 atom stereocenters. The van der Waals surface area contributed by atoms with Crippen LogP contribution in [0.1, 0.15) is 16.2 Å². The van der Waals surface area contributed by atoms with E-state index in [1.165, 1.54) is 0 Å². The van der Waals surface area contributed by atoms with Gasteiger partial charge in [-0.05, 0) is 5.56 Å². The zero-order valence-corrected chi connectivity index (χ0v) is 9.57. The van der Waals surface area contributed by atoms with Crippen LogP contribution in [0.4, 0.5) is 10.8 Å². The summed E-state index contributed by atoms with van der Waals surface area (Å²) in [6.45, 7) is 0.0760. The highest BCUT2D eigenvalue weighted by Gasteiger charge is 2.15. The zero-order valence-electron chi connectivity index (χ0n) is 9.57. The van der Waals surface area contributed by atoms with Gasteiger partial charge in [0.05, 0.1) is 0 Å². The molecule has 98 valence electrons. The van der Waals surface area contributed by atoms with Crippen LogP contribution in [0.3, 0.4) is 0 Å². The van der Waals surface area contributed by atoms with Crippen LogP contribution in [0.25, 0.3) is 0 Å². The molecule has 0 saturated carbocycles. The van der Waals surface area contributed by atoms with Crippen LogP contribution in [-0.4, -0.2) is 27.4 Å². The fourth-order valence-electron chi connectivity index (χ4n) is 1.21. The van der Waals surface area contributed by atoms with Gasteiger partial charge in [-0.15, -0.1) is 0 Å². The predicted molar refractivity (Wildman–Crippen MR) is 61.5 cm³/mol. The van der Waals surface area contributed by atoms with Crippen molar-refractivity contribution in [1.29, 1.82) is 0 Å². The van der Waals surface area contributed by atoms with E-state index >= 15 is 0 Å². The summed E-state index contributed by atoms with van der Waals surface area (Å²) >= 11 is 0. The number of hydrogen-bond donors (Lipinski definition) is 2. The SMILES string of the molecule is O=C(Nc1nnc(C(=O)O)o1)OCc1ccccc1. The lowest BCUT2D eigenvalue weighted by molar-refractivity contribution is 0.0654. The van der Waals surface area contributed by atoms with Gasteiger partial charge in [0.2, 0.25) is 0 Å². The number of benzene rings is 1. The third-order valence-corrected chi connectivity index (χ3v) is 2.03. The maximum atomic E-state index is 11.4. The number of hydrogen-bond acceptors (Lipinski definition) is 6. The second kappa shape index (κ2) is 5.63. The van der Waals surface area contributed by atoms with Crippen LogP contribution in [0.2, 0.25) is 0 Å². The molecule has 1 amide bonds. The van der Waals surface area contributed by atoms with Gasteiger partial charge >= 0.3 is 24.0 Å². The van der Waals surface area contributed by atoms with E-state index in [-0.39, 0.29) is 12.6 Å². The van der Waals surface area contributed by atoms with E-state index in [2.05, 4.69) is 19.9 Å². The van der Waals surface area contributed by atoms with Crippen LogP contribution < -0.4 is 5.32 Å². The maximum absolute atomic E-state index is 11.4. The summed E-state index contributed by atoms with van der Waals surface area (Å²) in [5.41, 5.74) is 0.814. The summed E-state index contributed by atoms with van der Waals surface area (Å²) in [5, 5.41) is 17.2. The van der Waals surface area contributed by atoms with E-state index in [1.54, 1.807) is 12.1 Å². The van der Waals surface area contributed by atoms with Gasteiger partial charge in [-0.25, -0.2) is 14.9 Å². The Kier molecular flexibility index (Phi) is 3.72.